The minimum Gasteiger partial charge on any atom is -0.506 e. The lowest BCUT2D eigenvalue weighted by Gasteiger charge is -2.17. The van der Waals surface area contributed by atoms with Gasteiger partial charge in [-0.1, -0.05) is 24.3 Å². The molecular weight excluding hydrogens is 382 g/mol. The first-order chi connectivity index (χ1) is 9.49. The fourth-order valence-corrected chi connectivity index (χ4v) is 3.45. The van der Waals surface area contributed by atoms with Crippen molar-refractivity contribution >= 4 is 31.9 Å². The summed E-state index contributed by atoms with van der Waals surface area (Å²) in [4.78, 5) is 0. The van der Waals surface area contributed by atoms with E-state index in [1.54, 1.807) is 0 Å². The molecule has 0 aliphatic heterocycles. The Kier molecular flexibility index (Phi) is 5.24. The van der Waals surface area contributed by atoms with E-state index in [1.807, 2.05) is 12.1 Å². The smallest absolute Gasteiger partial charge is 0.143 e. The number of phenolic OH excluding ortho intramolecular Hbond substituents is 1. The Morgan fingerprint density at radius 3 is 2.35 bits per heavy atom. The predicted molar refractivity (Wildman–Crippen MR) is 89.9 cm³/mol. The van der Waals surface area contributed by atoms with Crippen LogP contribution in [0.1, 0.15) is 29.7 Å². The maximum atomic E-state index is 9.71. The zero-order chi connectivity index (χ0) is 14.7. The predicted octanol–water partition coefficient (Wildman–Crippen LogP) is 5.08. The highest BCUT2D eigenvalue weighted by atomic mass is 79.9. The maximum absolute atomic E-state index is 9.71. The van der Waals surface area contributed by atoms with Crippen LogP contribution in [0.5, 0.6) is 5.75 Å². The Morgan fingerprint density at radius 2 is 1.75 bits per heavy atom. The molecule has 0 aromatic heterocycles. The summed E-state index contributed by atoms with van der Waals surface area (Å²) in [7, 11) is 0. The summed E-state index contributed by atoms with van der Waals surface area (Å²) < 4.78 is 1.40. The maximum Gasteiger partial charge on any atom is 0.143 e. The fourth-order valence-electron chi connectivity index (χ4n) is 2.17. The molecule has 0 bridgehead atoms. The number of nitrogens with one attached hydrogen (secondary N) is 1. The lowest BCUT2D eigenvalue weighted by Crippen LogP contribution is -2.18. The number of rotatable bonds is 4. The standard InChI is InChI=1S/C16H17Br2NO/c1-10-5-3-4-6-13(10)11(2)19-9-12-7-14(17)16(20)15(18)8-12/h3-8,11,19-20H,9H2,1-2H3. The Bertz CT molecular complexity index is 590. The normalized spacial score (nSPS) is 12.4. The van der Waals surface area contributed by atoms with E-state index in [-0.39, 0.29) is 11.8 Å². The Balaban J connectivity index is 2.07. The molecule has 2 N–H and O–H groups in total. The molecule has 1 unspecified atom stereocenters. The topological polar surface area (TPSA) is 32.3 Å². The highest BCUT2D eigenvalue weighted by Gasteiger charge is 2.09. The number of halogens is 2. The molecule has 0 aliphatic carbocycles. The molecule has 0 radical (unpaired) electrons. The van der Waals surface area contributed by atoms with Gasteiger partial charge in [0.2, 0.25) is 0 Å². The lowest BCUT2D eigenvalue weighted by atomic mass is 10.0. The van der Waals surface area contributed by atoms with Gasteiger partial charge in [0.25, 0.3) is 0 Å². The van der Waals surface area contributed by atoms with E-state index in [9.17, 15) is 5.11 Å². The molecule has 20 heavy (non-hydrogen) atoms. The number of hydrogen-bond donors (Lipinski definition) is 2. The van der Waals surface area contributed by atoms with Crippen LogP contribution in [0, 0.1) is 6.92 Å². The van der Waals surface area contributed by atoms with Crippen LogP contribution >= 0.6 is 31.9 Å². The molecule has 0 heterocycles. The average Bonchev–Trinajstić information content (AvgIpc) is 2.42. The van der Waals surface area contributed by atoms with Crippen molar-refractivity contribution in [2.75, 3.05) is 0 Å². The second-order valence-electron chi connectivity index (χ2n) is 4.87. The van der Waals surface area contributed by atoms with Crippen LogP contribution < -0.4 is 5.32 Å². The number of hydrogen-bond acceptors (Lipinski definition) is 2. The molecule has 0 fully saturated rings. The Hall–Kier alpha value is -0.840. The zero-order valence-corrected chi connectivity index (χ0v) is 14.6. The molecule has 2 aromatic carbocycles. The van der Waals surface area contributed by atoms with Gasteiger partial charge in [-0.2, -0.15) is 0 Å². The SMILES string of the molecule is Cc1ccccc1C(C)NCc1cc(Br)c(O)c(Br)c1. The summed E-state index contributed by atoms with van der Waals surface area (Å²) in [5.41, 5.74) is 3.71. The summed E-state index contributed by atoms with van der Waals surface area (Å²) in [6.07, 6.45) is 0. The van der Waals surface area contributed by atoms with E-state index in [4.69, 9.17) is 0 Å². The second-order valence-corrected chi connectivity index (χ2v) is 6.58. The van der Waals surface area contributed by atoms with Gasteiger partial charge in [-0.05, 0) is 74.5 Å². The molecule has 2 rings (SSSR count). The third kappa shape index (κ3) is 3.62. The summed E-state index contributed by atoms with van der Waals surface area (Å²) >= 11 is 6.71. The first-order valence-electron chi connectivity index (χ1n) is 6.45. The number of aromatic hydroxyl groups is 1. The number of benzene rings is 2. The zero-order valence-electron chi connectivity index (χ0n) is 11.5. The van der Waals surface area contributed by atoms with Crippen molar-refractivity contribution in [2.24, 2.45) is 0 Å². The van der Waals surface area contributed by atoms with Crippen LogP contribution in [0.2, 0.25) is 0 Å². The van der Waals surface area contributed by atoms with Gasteiger partial charge in [-0.3, -0.25) is 0 Å². The summed E-state index contributed by atoms with van der Waals surface area (Å²) in [6.45, 7) is 5.03. The van der Waals surface area contributed by atoms with Gasteiger partial charge in [0.05, 0.1) is 8.95 Å². The van der Waals surface area contributed by atoms with E-state index in [2.05, 4.69) is 75.3 Å². The third-order valence-electron chi connectivity index (χ3n) is 3.34. The van der Waals surface area contributed by atoms with Crippen LogP contribution in [0.25, 0.3) is 0 Å². The summed E-state index contributed by atoms with van der Waals surface area (Å²) in [5, 5.41) is 13.2. The van der Waals surface area contributed by atoms with Gasteiger partial charge >= 0.3 is 0 Å². The van der Waals surface area contributed by atoms with Crippen molar-refractivity contribution in [3.63, 3.8) is 0 Å². The molecule has 2 nitrogen and oxygen atoms in total. The van der Waals surface area contributed by atoms with Crippen LogP contribution in [0.15, 0.2) is 45.3 Å². The Morgan fingerprint density at radius 1 is 1.15 bits per heavy atom. The first kappa shape index (κ1) is 15.5. The summed E-state index contributed by atoms with van der Waals surface area (Å²) in [6, 6.07) is 12.5. The number of aryl methyl sites for hydroxylation is 1. The van der Waals surface area contributed by atoms with Gasteiger partial charge in [-0.15, -0.1) is 0 Å². The molecule has 1 atom stereocenters. The molecule has 106 valence electrons. The molecule has 0 saturated carbocycles. The lowest BCUT2D eigenvalue weighted by molar-refractivity contribution is 0.467. The van der Waals surface area contributed by atoms with Crippen molar-refractivity contribution in [3.05, 3.63) is 62.0 Å². The molecular formula is C16H17Br2NO. The van der Waals surface area contributed by atoms with E-state index in [0.717, 1.165) is 12.1 Å². The molecule has 0 amide bonds. The highest BCUT2D eigenvalue weighted by molar-refractivity contribution is 9.11. The van der Waals surface area contributed by atoms with Crippen LogP contribution in [0.4, 0.5) is 0 Å². The fraction of sp³-hybridized carbons (Fsp3) is 0.250. The minimum atomic E-state index is 0.237. The molecule has 0 saturated heterocycles. The van der Waals surface area contributed by atoms with Crippen LogP contribution in [-0.4, -0.2) is 5.11 Å². The van der Waals surface area contributed by atoms with E-state index < -0.39 is 0 Å². The van der Waals surface area contributed by atoms with Crippen molar-refractivity contribution in [1.29, 1.82) is 0 Å². The highest BCUT2D eigenvalue weighted by Crippen LogP contribution is 2.33. The van der Waals surface area contributed by atoms with Crippen molar-refractivity contribution in [2.45, 2.75) is 26.4 Å². The van der Waals surface area contributed by atoms with E-state index >= 15 is 0 Å². The largest absolute Gasteiger partial charge is 0.506 e. The molecule has 0 spiro atoms. The van der Waals surface area contributed by atoms with Gasteiger partial charge < -0.3 is 10.4 Å². The van der Waals surface area contributed by atoms with Crippen LogP contribution in [-0.2, 0) is 6.54 Å². The van der Waals surface area contributed by atoms with Gasteiger partial charge in [-0.25, -0.2) is 0 Å². The molecule has 2 aromatic rings. The minimum absolute atomic E-state index is 0.237. The van der Waals surface area contributed by atoms with E-state index in [1.165, 1.54) is 11.1 Å². The first-order valence-corrected chi connectivity index (χ1v) is 8.03. The van der Waals surface area contributed by atoms with Gasteiger partial charge in [0.15, 0.2) is 0 Å². The molecule has 4 heteroatoms. The van der Waals surface area contributed by atoms with Crippen molar-refractivity contribution in [3.8, 4) is 5.75 Å². The summed E-state index contributed by atoms with van der Waals surface area (Å²) in [5.74, 6) is 0.237. The molecule has 0 aliphatic rings. The Labute approximate surface area is 136 Å². The van der Waals surface area contributed by atoms with Crippen molar-refractivity contribution < 1.29 is 5.11 Å². The second kappa shape index (κ2) is 6.74. The van der Waals surface area contributed by atoms with Crippen molar-refractivity contribution in [1.82, 2.24) is 5.32 Å². The quantitative estimate of drug-likeness (QED) is 0.752. The van der Waals surface area contributed by atoms with Gasteiger partial charge in [0, 0.05) is 12.6 Å². The van der Waals surface area contributed by atoms with Gasteiger partial charge in [0.1, 0.15) is 5.75 Å². The average molecular weight is 399 g/mol. The monoisotopic (exact) mass is 397 g/mol. The van der Waals surface area contributed by atoms with Crippen LogP contribution in [0.3, 0.4) is 0 Å². The number of phenols is 1. The van der Waals surface area contributed by atoms with E-state index in [0.29, 0.717) is 8.95 Å². The third-order valence-corrected chi connectivity index (χ3v) is 4.55.